The number of nitrogens with two attached hydrogens (primary N) is 1. The molecule has 0 saturated heterocycles. The van der Waals surface area contributed by atoms with Gasteiger partial charge in [0.1, 0.15) is 0 Å². The van der Waals surface area contributed by atoms with E-state index in [1.165, 1.54) is 0 Å². The molecule has 0 aliphatic carbocycles. The molecule has 0 saturated carbocycles. The van der Waals surface area contributed by atoms with Crippen molar-refractivity contribution >= 4 is 11.7 Å². The molecule has 3 heteroatoms. The molecule has 0 aromatic heterocycles. The lowest BCUT2D eigenvalue weighted by Gasteiger charge is -2.10. The predicted molar refractivity (Wildman–Crippen MR) is 52.0 cm³/mol. The zero-order valence-corrected chi connectivity index (χ0v) is 8.01. The van der Waals surface area contributed by atoms with Crippen molar-refractivity contribution in [3.05, 3.63) is 28.3 Å². The van der Waals surface area contributed by atoms with E-state index in [9.17, 15) is 4.79 Å². The summed E-state index contributed by atoms with van der Waals surface area (Å²) in [5, 5.41) is 8.92. The number of carboxylic acids is 1. The van der Waals surface area contributed by atoms with E-state index in [2.05, 4.69) is 0 Å². The van der Waals surface area contributed by atoms with E-state index in [0.29, 0.717) is 5.69 Å². The summed E-state index contributed by atoms with van der Waals surface area (Å²) in [6.07, 6.45) is 0. The van der Waals surface area contributed by atoms with E-state index in [1.807, 2.05) is 19.9 Å². The van der Waals surface area contributed by atoms with Gasteiger partial charge >= 0.3 is 5.97 Å². The van der Waals surface area contributed by atoms with E-state index in [1.54, 1.807) is 6.92 Å². The van der Waals surface area contributed by atoms with Crippen molar-refractivity contribution < 1.29 is 9.90 Å². The van der Waals surface area contributed by atoms with Crippen molar-refractivity contribution in [3.8, 4) is 0 Å². The molecule has 0 amide bonds. The van der Waals surface area contributed by atoms with Crippen LogP contribution in [0, 0.1) is 20.8 Å². The van der Waals surface area contributed by atoms with Crippen molar-refractivity contribution in [1.82, 2.24) is 0 Å². The summed E-state index contributed by atoms with van der Waals surface area (Å²) in [7, 11) is 0. The Morgan fingerprint density at radius 2 is 1.85 bits per heavy atom. The lowest BCUT2D eigenvalue weighted by Crippen LogP contribution is -2.08. The Kier molecular flexibility index (Phi) is 2.28. The van der Waals surface area contributed by atoms with E-state index in [4.69, 9.17) is 10.8 Å². The van der Waals surface area contributed by atoms with Gasteiger partial charge in [0.2, 0.25) is 0 Å². The largest absolute Gasteiger partial charge is 0.478 e. The molecule has 3 nitrogen and oxygen atoms in total. The first-order valence-corrected chi connectivity index (χ1v) is 4.04. The van der Waals surface area contributed by atoms with Gasteiger partial charge in [-0.1, -0.05) is 6.07 Å². The highest BCUT2D eigenvalue weighted by Gasteiger charge is 2.14. The molecular weight excluding hydrogens is 166 g/mol. The van der Waals surface area contributed by atoms with E-state index in [-0.39, 0.29) is 5.56 Å². The van der Waals surface area contributed by atoms with Gasteiger partial charge in [0.25, 0.3) is 0 Å². The van der Waals surface area contributed by atoms with E-state index >= 15 is 0 Å². The van der Waals surface area contributed by atoms with Gasteiger partial charge in [-0.2, -0.15) is 0 Å². The SMILES string of the molecule is Cc1cc(C)c(N)c(C(=O)O)c1C. The quantitative estimate of drug-likeness (QED) is 0.647. The topological polar surface area (TPSA) is 63.3 Å². The van der Waals surface area contributed by atoms with Gasteiger partial charge in [0, 0.05) is 5.69 Å². The highest BCUT2D eigenvalue weighted by molar-refractivity contribution is 5.96. The maximum absolute atomic E-state index is 10.9. The molecule has 0 aliphatic heterocycles. The highest BCUT2D eigenvalue weighted by Crippen LogP contribution is 2.23. The number of carbonyl (C=O) groups is 1. The normalized spacial score (nSPS) is 10.1. The number of rotatable bonds is 1. The fraction of sp³-hybridized carbons (Fsp3) is 0.300. The van der Waals surface area contributed by atoms with Crippen LogP contribution in [0.3, 0.4) is 0 Å². The number of hydrogen-bond acceptors (Lipinski definition) is 2. The fourth-order valence-electron chi connectivity index (χ4n) is 1.38. The second kappa shape index (κ2) is 3.09. The Morgan fingerprint density at radius 1 is 1.31 bits per heavy atom. The van der Waals surface area contributed by atoms with Crippen LogP contribution in [0.5, 0.6) is 0 Å². The van der Waals surface area contributed by atoms with Crippen LogP contribution in [0.4, 0.5) is 5.69 Å². The third-order valence-corrected chi connectivity index (χ3v) is 2.31. The third-order valence-electron chi connectivity index (χ3n) is 2.31. The summed E-state index contributed by atoms with van der Waals surface area (Å²) in [4.78, 5) is 10.9. The average molecular weight is 179 g/mol. The lowest BCUT2D eigenvalue weighted by molar-refractivity contribution is 0.0697. The molecule has 1 aromatic rings. The van der Waals surface area contributed by atoms with Crippen LogP contribution in [0.25, 0.3) is 0 Å². The molecule has 0 fully saturated rings. The summed E-state index contributed by atoms with van der Waals surface area (Å²) >= 11 is 0. The van der Waals surface area contributed by atoms with Gasteiger partial charge < -0.3 is 10.8 Å². The fourth-order valence-corrected chi connectivity index (χ4v) is 1.38. The van der Waals surface area contributed by atoms with Crippen LogP contribution in [0.2, 0.25) is 0 Å². The molecule has 0 spiro atoms. The minimum Gasteiger partial charge on any atom is -0.478 e. The first-order chi connectivity index (χ1) is 5.95. The Labute approximate surface area is 77.2 Å². The van der Waals surface area contributed by atoms with Crippen LogP contribution in [-0.4, -0.2) is 11.1 Å². The van der Waals surface area contributed by atoms with Crippen LogP contribution >= 0.6 is 0 Å². The second-order valence-corrected chi connectivity index (χ2v) is 3.23. The van der Waals surface area contributed by atoms with Gasteiger partial charge in [-0.15, -0.1) is 0 Å². The molecule has 13 heavy (non-hydrogen) atoms. The van der Waals surface area contributed by atoms with Crippen LogP contribution < -0.4 is 5.73 Å². The lowest BCUT2D eigenvalue weighted by atomic mass is 9.98. The van der Waals surface area contributed by atoms with Crippen molar-refractivity contribution in [2.75, 3.05) is 5.73 Å². The van der Waals surface area contributed by atoms with Crippen LogP contribution in [0.15, 0.2) is 6.07 Å². The summed E-state index contributed by atoms with van der Waals surface area (Å²) in [6.45, 7) is 5.47. The number of hydrogen-bond donors (Lipinski definition) is 2. The van der Waals surface area contributed by atoms with Crippen LogP contribution in [-0.2, 0) is 0 Å². The molecule has 0 unspecified atom stereocenters. The van der Waals surface area contributed by atoms with Crippen molar-refractivity contribution in [3.63, 3.8) is 0 Å². The van der Waals surface area contributed by atoms with Crippen molar-refractivity contribution in [1.29, 1.82) is 0 Å². The maximum Gasteiger partial charge on any atom is 0.338 e. The molecule has 0 atom stereocenters. The molecule has 3 N–H and O–H groups in total. The number of nitrogen functional groups attached to an aromatic ring is 1. The zero-order chi connectivity index (χ0) is 10.2. The maximum atomic E-state index is 10.9. The average Bonchev–Trinajstić information content (AvgIpc) is 2.01. The van der Waals surface area contributed by atoms with Gasteiger partial charge in [-0.05, 0) is 37.5 Å². The number of aromatic carboxylic acids is 1. The Bertz CT molecular complexity index is 343. The minimum absolute atomic E-state index is 0.234. The van der Waals surface area contributed by atoms with Crippen LogP contribution in [0.1, 0.15) is 27.0 Å². The third kappa shape index (κ3) is 1.49. The molecule has 0 heterocycles. The van der Waals surface area contributed by atoms with Gasteiger partial charge in [0.05, 0.1) is 5.56 Å². The summed E-state index contributed by atoms with van der Waals surface area (Å²) < 4.78 is 0. The molecule has 70 valence electrons. The van der Waals surface area contributed by atoms with E-state index < -0.39 is 5.97 Å². The molecule has 1 aromatic carbocycles. The Morgan fingerprint density at radius 3 is 2.31 bits per heavy atom. The monoisotopic (exact) mass is 179 g/mol. The van der Waals surface area contributed by atoms with Gasteiger partial charge in [0.15, 0.2) is 0 Å². The van der Waals surface area contributed by atoms with Gasteiger partial charge in [-0.3, -0.25) is 0 Å². The highest BCUT2D eigenvalue weighted by atomic mass is 16.4. The first kappa shape index (κ1) is 9.58. The smallest absolute Gasteiger partial charge is 0.338 e. The number of anilines is 1. The minimum atomic E-state index is -0.957. The Balaban J connectivity index is 3.56. The molecule has 0 bridgehead atoms. The van der Waals surface area contributed by atoms with Crippen molar-refractivity contribution in [2.24, 2.45) is 0 Å². The molecular formula is C10H13NO2. The zero-order valence-electron chi connectivity index (χ0n) is 8.01. The first-order valence-electron chi connectivity index (χ1n) is 4.04. The number of benzene rings is 1. The summed E-state index contributed by atoms with van der Waals surface area (Å²) in [6, 6.07) is 1.90. The van der Waals surface area contributed by atoms with Gasteiger partial charge in [-0.25, -0.2) is 4.79 Å². The Hall–Kier alpha value is -1.51. The predicted octanol–water partition coefficient (Wildman–Crippen LogP) is 1.89. The van der Waals surface area contributed by atoms with E-state index in [0.717, 1.165) is 16.7 Å². The van der Waals surface area contributed by atoms with Crippen molar-refractivity contribution in [2.45, 2.75) is 20.8 Å². The molecule has 0 aliphatic rings. The molecule has 1 rings (SSSR count). The number of carboxylic acid groups (broad SMARTS) is 1. The second-order valence-electron chi connectivity index (χ2n) is 3.23. The number of aryl methyl sites for hydroxylation is 2. The molecule has 0 radical (unpaired) electrons. The summed E-state index contributed by atoms with van der Waals surface area (Å²) in [5.74, 6) is -0.957. The summed E-state index contributed by atoms with van der Waals surface area (Å²) in [5.41, 5.74) is 8.81. The standard InChI is InChI=1S/C10H13NO2/c1-5-4-6(2)9(11)8(7(5)3)10(12)13/h4H,11H2,1-3H3,(H,12,13).